The summed E-state index contributed by atoms with van der Waals surface area (Å²) in [5.41, 5.74) is 9.72. The second kappa shape index (κ2) is 10.6. The number of nitrogens with two attached hydrogens (primary N) is 1. The standard InChI is InChI=1S/C29H34N3PS/c1-20(31-29(34)32-28-25-16-9-8-11-21(25)19-26(28)30)24-17-10-18-27(24)33(22-12-4-2-5-13-22)23-14-6-3-7-15-23/h2-9,11-16,20,24,26-28H,10,17-19,30H2,1H3,(H2,31,32,34)/t20-,24?,26+,27?,28+/m1/s1. The lowest BCUT2D eigenvalue weighted by molar-refractivity contribution is 0.426. The van der Waals surface area contributed by atoms with Crippen LogP contribution < -0.4 is 27.0 Å². The Hall–Kier alpha value is -2.26. The SMILES string of the molecule is C[C@@H](NC(=S)N[C@H]1c2ccccc2C[C@@H]1N)C1CCCC1P(c1ccccc1)c1ccccc1. The van der Waals surface area contributed by atoms with Crippen LogP contribution in [0.3, 0.4) is 0 Å². The second-order valence-corrected chi connectivity index (χ2v) is 12.5. The molecule has 0 saturated heterocycles. The van der Waals surface area contributed by atoms with E-state index in [2.05, 4.69) is 102 Å². The van der Waals surface area contributed by atoms with Crippen molar-refractivity contribution >= 4 is 35.9 Å². The van der Waals surface area contributed by atoms with E-state index in [1.807, 2.05) is 0 Å². The highest BCUT2D eigenvalue weighted by atomic mass is 32.1. The Morgan fingerprint density at radius 3 is 2.21 bits per heavy atom. The van der Waals surface area contributed by atoms with Gasteiger partial charge in [0.25, 0.3) is 0 Å². The second-order valence-electron chi connectivity index (χ2n) is 9.65. The molecule has 3 aromatic rings. The molecule has 0 heterocycles. The molecule has 2 unspecified atom stereocenters. The number of hydrogen-bond donors (Lipinski definition) is 3. The number of hydrogen-bond acceptors (Lipinski definition) is 2. The van der Waals surface area contributed by atoms with Crippen LogP contribution in [0.4, 0.5) is 0 Å². The molecule has 0 aliphatic heterocycles. The van der Waals surface area contributed by atoms with E-state index >= 15 is 0 Å². The molecule has 5 heteroatoms. The summed E-state index contributed by atoms with van der Waals surface area (Å²) < 4.78 is 0. The van der Waals surface area contributed by atoms with Gasteiger partial charge in [-0.1, -0.05) is 91.3 Å². The first-order valence-corrected chi connectivity index (χ1v) is 14.2. The van der Waals surface area contributed by atoms with Crippen molar-refractivity contribution in [1.82, 2.24) is 10.6 Å². The third kappa shape index (κ3) is 4.91. The van der Waals surface area contributed by atoms with Crippen molar-refractivity contribution in [1.29, 1.82) is 0 Å². The van der Waals surface area contributed by atoms with Gasteiger partial charge >= 0.3 is 0 Å². The van der Waals surface area contributed by atoms with Crippen molar-refractivity contribution in [2.24, 2.45) is 11.7 Å². The van der Waals surface area contributed by atoms with Gasteiger partial charge in [-0.25, -0.2) is 0 Å². The predicted molar refractivity (Wildman–Crippen MR) is 149 cm³/mol. The summed E-state index contributed by atoms with van der Waals surface area (Å²) in [6.07, 6.45) is 4.69. The summed E-state index contributed by atoms with van der Waals surface area (Å²) in [5.74, 6) is 0.579. The van der Waals surface area contributed by atoms with E-state index in [9.17, 15) is 0 Å². The monoisotopic (exact) mass is 487 g/mol. The van der Waals surface area contributed by atoms with Crippen LogP contribution in [0.2, 0.25) is 0 Å². The molecule has 0 radical (unpaired) electrons. The molecule has 3 aromatic carbocycles. The van der Waals surface area contributed by atoms with Crippen molar-refractivity contribution in [3.05, 3.63) is 96.1 Å². The van der Waals surface area contributed by atoms with Crippen molar-refractivity contribution in [3.8, 4) is 0 Å². The maximum atomic E-state index is 6.47. The lowest BCUT2D eigenvalue weighted by Gasteiger charge is -2.34. The van der Waals surface area contributed by atoms with Crippen LogP contribution in [0, 0.1) is 5.92 Å². The van der Waals surface area contributed by atoms with E-state index in [1.165, 1.54) is 41.0 Å². The van der Waals surface area contributed by atoms with Crippen LogP contribution >= 0.6 is 20.1 Å². The van der Waals surface area contributed by atoms with Crippen molar-refractivity contribution in [2.45, 2.75) is 56.4 Å². The van der Waals surface area contributed by atoms with E-state index in [0.717, 1.165) is 11.5 Å². The van der Waals surface area contributed by atoms with E-state index in [-0.39, 0.29) is 12.1 Å². The maximum Gasteiger partial charge on any atom is 0.167 e. The minimum Gasteiger partial charge on any atom is -0.360 e. The van der Waals surface area contributed by atoms with Crippen molar-refractivity contribution < 1.29 is 0 Å². The summed E-state index contributed by atoms with van der Waals surface area (Å²) in [5, 5.41) is 10.9. The van der Waals surface area contributed by atoms with Crippen LogP contribution in [0.1, 0.15) is 43.4 Å². The molecule has 2 aliphatic rings. The number of rotatable bonds is 6. The Morgan fingerprint density at radius 1 is 0.912 bits per heavy atom. The van der Waals surface area contributed by atoms with Crippen molar-refractivity contribution in [2.75, 3.05) is 0 Å². The van der Waals surface area contributed by atoms with Gasteiger partial charge in [-0.15, -0.1) is 0 Å². The molecule has 3 nitrogen and oxygen atoms in total. The Kier molecular flexibility index (Phi) is 7.29. The zero-order chi connectivity index (χ0) is 23.5. The van der Waals surface area contributed by atoms with Crippen LogP contribution in [-0.2, 0) is 6.42 Å². The zero-order valence-corrected chi connectivity index (χ0v) is 21.4. The van der Waals surface area contributed by atoms with Gasteiger partial charge in [-0.3, -0.25) is 0 Å². The van der Waals surface area contributed by atoms with E-state index in [0.29, 0.717) is 17.6 Å². The van der Waals surface area contributed by atoms with Gasteiger partial charge in [0, 0.05) is 12.1 Å². The van der Waals surface area contributed by atoms with Gasteiger partial charge in [0.1, 0.15) is 0 Å². The predicted octanol–water partition coefficient (Wildman–Crippen LogP) is 4.77. The lowest BCUT2D eigenvalue weighted by atomic mass is 9.99. The zero-order valence-electron chi connectivity index (χ0n) is 19.7. The highest BCUT2D eigenvalue weighted by Gasteiger charge is 2.38. The van der Waals surface area contributed by atoms with Gasteiger partial charge in [-0.2, -0.15) is 0 Å². The van der Waals surface area contributed by atoms with Crippen molar-refractivity contribution in [3.63, 3.8) is 0 Å². The molecule has 5 rings (SSSR count). The van der Waals surface area contributed by atoms with E-state index in [4.69, 9.17) is 18.0 Å². The average molecular weight is 488 g/mol. The quantitative estimate of drug-likeness (QED) is 0.347. The van der Waals surface area contributed by atoms with E-state index < -0.39 is 7.92 Å². The normalized spacial score (nSPS) is 24.6. The molecule has 4 N–H and O–H groups in total. The van der Waals surface area contributed by atoms with Crippen LogP contribution in [-0.4, -0.2) is 22.9 Å². The maximum absolute atomic E-state index is 6.47. The van der Waals surface area contributed by atoms with Gasteiger partial charge in [0.15, 0.2) is 5.11 Å². The summed E-state index contributed by atoms with van der Waals surface area (Å²) in [6, 6.07) is 31.2. The highest BCUT2D eigenvalue weighted by molar-refractivity contribution is 7.80. The summed E-state index contributed by atoms with van der Waals surface area (Å²) in [6.45, 7) is 2.31. The van der Waals surface area contributed by atoms with Gasteiger partial charge in [-0.05, 0) is 79.6 Å². The van der Waals surface area contributed by atoms with Crippen LogP contribution in [0.15, 0.2) is 84.9 Å². The largest absolute Gasteiger partial charge is 0.360 e. The number of thiocarbonyl (C=S) groups is 1. The molecular weight excluding hydrogens is 453 g/mol. The third-order valence-corrected chi connectivity index (χ3v) is 10.7. The van der Waals surface area contributed by atoms with Crippen LogP contribution in [0.25, 0.3) is 0 Å². The number of fused-ring (bicyclic) bond motifs is 1. The van der Waals surface area contributed by atoms with Crippen LogP contribution in [0.5, 0.6) is 0 Å². The molecule has 1 fully saturated rings. The topological polar surface area (TPSA) is 50.1 Å². The fraction of sp³-hybridized carbons (Fsp3) is 0.345. The Bertz CT molecular complexity index is 1070. The molecule has 0 amide bonds. The lowest BCUT2D eigenvalue weighted by Crippen LogP contribution is -2.49. The molecule has 1 saturated carbocycles. The number of nitrogens with one attached hydrogen (secondary N) is 2. The van der Waals surface area contributed by atoms with E-state index in [1.54, 1.807) is 0 Å². The third-order valence-electron chi connectivity index (χ3n) is 7.49. The summed E-state index contributed by atoms with van der Waals surface area (Å²) >= 11 is 5.80. The average Bonchev–Trinajstić information content (AvgIpc) is 3.45. The minimum atomic E-state index is -0.427. The van der Waals surface area contributed by atoms with Gasteiger partial charge in [0.05, 0.1) is 6.04 Å². The fourth-order valence-electron chi connectivity index (χ4n) is 5.89. The molecule has 0 aromatic heterocycles. The minimum absolute atomic E-state index is 0.0516. The summed E-state index contributed by atoms with van der Waals surface area (Å²) in [7, 11) is -0.427. The Labute approximate surface area is 210 Å². The Morgan fingerprint density at radius 2 is 1.53 bits per heavy atom. The Balaban J connectivity index is 1.31. The fourth-order valence-corrected chi connectivity index (χ4v) is 9.48. The molecule has 176 valence electrons. The smallest absolute Gasteiger partial charge is 0.167 e. The highest BCUT2D eigenvalue weighted by Crippen LogP contribution is 2.51. The first kappa shape index (κ1) is 23.5. The molecule has 0 bridgehead atoms. The molecule has 5 atom stereocenters. The first-order valence-electron chi connectivity index (χ1n) is 12.4. The van der Waals surface area contributed by atoms with Gasteiger partial charge in [0.2, 0.25) is 0 Å². The first-order chi connectivity index (χ1) is 16.6. The number of benzene rings is 3. The van der Waals surface area contributed by atoms with Gasteiger partial charge < -0.3 is 16.4 Å². The molecule has 34 heavy (non-hydrogen) atoms. The molecular formula is C29H34N3PS. The summed E-state index contributed by atoms with van der Waals surface area (Å²) in [4.78, 5) is 0. The molecule has 0 spiro atoms. The molecule has 2 aliphatic carbocycles.